The molecule has 0 radical (unpaired) electrons. The Morgan fingerprint density at radius 1 is 0.347 bits per heavy atom. The van der Waals surface area contributed by atoms with Gasteiger partial charge in [0.2, 0.25) is 0 Å². The van der Waals surface area contributed by atoms with Crippen molar-refractivity contribution in [3.05, 3.63) is 111 Å². The van der Waals surface area contributed by atoms with Crippen molar-refractivity contribution in [3.8, 4) is 23.0 Å². The van der Waals surface area contributed by atoms with Crippen LogP contribution in [0.25, 0.3) is 0 Å². The quantitative estimate of drug-likeness (QED) is 0.0957. The molecule has 0 amide bonds. The van der Waals surface area contributed by atoms with Gasteiger partial charge in [0.1, 0.15) is 65.3 Å². The number of halogens is 8. The van der Waals surface area contributed by atoms with Gasteiger partial charge in [-0.2, -0.15) is 0 Å². The van der Waals surface area contributed by atoms with Crippen molar-refractivity contribution in [3.63, 3.8) is 0 Å². The molecule has 4 aromatic rings. The molecule has 0 fully saturated rings. The molecule has 21 heteroatoms. The van der Waals surface area contributed by atoms with Crippen molar-refractivity contribution in [2.75, 3.05) is 0 Å². The van der Waals surface area contributed by atoms with E-state index in [0.717, 1.165) is 0 Å². The van der Waals surface area contributed by atoms with E-state index in [9.17, 15) is 19.2 Å². The SMILES string of the molecule is O=C(O)c1ccc(Cl)c(Cl)c1O.O=C(O)c1ccc(Cl)c(Cl)c1O.O=C(O)c1ccc(Cl)c(Cl)c1O.O=C(O)c1ccc(Cl)c(Cl)c1O.[Zr]. The van der Waals surface area contributed by atoms with Crippen LogP contribution in [0.5, 0.6) is 23.0 Å². The van der Waals surface area contributed by atoms with E-state index in [-0.39, 0.29) is 88.6 Å². The number of hydrogen-bond donors (Lipinski definition) is 8. The zero-order valence-corrected chi connectivity index (χ0v) is 31.9. The topological polar surface area (TPSA) is 230 Å². The number of aromatic carboxylic acids is 4. The third kappa shape index (κ3) is 12.8. The molecule has 0 saturated heterocycles. The standard InChI is InChI=1S/4C7H4Cl2O3.Zr/c4*8-4-2-1-3(7(11)12)6(10)5(4)9;/h4*1-2,10H,(H,11,12);. The summed E-state index contributed by atoms with van der Waals surface area (Å²) >= 11 is 43.9. The molecule has 0 unspecified atom stereocenters. The summed E-state index contributed by atoms with van der Waals surface area (Å²) in [5, 5.41) is 70.6. The number of rotatable bonds is 4. The summed E-state index contributed by atoms with van der Waals surface area (Å²) in [7, 11) is 0. The number of carboxylic acid groups (broad SMARTS) is 4. The molecule has 8 N–H and O–H groups in total. The Balaban J connectivity index is 0.000000623. The summed E-state index contributed by atoms with van der Waals surface area (Å²) in [6, 6.07) is 10.00. The second kappa shape index (κ2) is 20.7. The molecule has 49 heavy (non-hydrogen) atoms. The van der Waals surface area contributed by atoms with Crippen LogP contribution in [-0.2, 0) is 26.2 Å². The number of phenols is 4. The summed E-state index contributed by atoms with van der Waals surface area (Å²) in [6.07, 6.45) is 0. The molecule has 260 valence electrons. The van der Waals surface area contributed by atoms with E-state index in [2.05, 4.69) is 0 Å². The van der Waals surface area contributed by atoms with E-state index >= 15 is 0 Å². The Bertz CT molecular complexity index is 1620. The van der Waals surface area contributed by atoms with Gasteiger partial charge in [-0.1, -0.05) is 92.8 Å². The van der Waals surface area contributed by atoms with Gasteiger partial charge < -0.3 is 40.9 Å². The van der Waals surface area contributed by atoms with Crippen LogP contribution >= 0.6 is 92.8 Å². The molecule has 4 rings (SSSR count). The summed E-state index contributed by atoms with van der Waals surface area (Å²) in [5.41, 5.74) is -1.04. The predicted molar refractivity (Wildman–Crippen MR) is 180 cm³/mol. The van der Waals surface area contributed by atoms with Crippen molar-refractivity contribution in [1.82, 2.24) is 0 Å². The molecule has 0 aliphatic carbocycles. The Morgan fingerprint density at radius 2 is 0.490 bits per heavy atom. The number of carboxylic acids is 4. The molecule has 0 aliphatic rings. The molecule has 4 aromatic carbocycles. The molecule has 0 atom stereocenters. The number of aromatic hydroxyl groups is 4. The third-order valence-corrected chi connectivity index (χ3v) is 8.38. The first-order valence-corrected chi connectivity index (χ1v) is 14.8. The minimum atomic E-state index is -1.24. The largest absolute Gasteiger partial charge is 0.505 e. The second-order valence-corrected chi connectivity index (χ2v) is 11.4. The summed E-state index contributed by atoms with van der Waals surface area (Å²) in [6.45, 7) is 0. The van der Waals surface area contributed by atoms with Gasteiger partial charge in [0.15, 0.2) is 0 Å². The maximum Gasteiger partial charge on any atom is 0.339 e. The normalized spacial score (nSPS) is 9.63. The van der Waals surface area contributed by atoms with Gasteiger partial charge in [-0.15, -0.1) is 0 Å². The average Bonchev–Trinajstić information content (AvgIpc) is 3.00. The maximum atomic E-state index is 10.4. The average molecular weight is 919 g/mol. The molecule has 0 aromatic heterocycles. The van der Waals surface area contributed by atoms with Crippen LogP contribution < -0.4 is 0 Å². The minimum Gasteiger partial charge on any atom is -0.505 e. The first-order valence-electron chi connectivity index (χ1n) is 11.8. The zero-order valence-electron chi connectivity index (χ0n) is 23.4. The fourth-order valence-corrected chi connectivity index (χ4v) is 4.12. The molecule has 0 saturated carbocycles. The van der Waals surface area contributed by atoms with Crippen LogP contribution in [0.2, 0.25) is 40.2 Å². The van der Waals surface area contributed by atoms with Gasteiger partial charge >= 0.3 is 23.9 Å². The first-order chi connectivity index (χ1) is 22.1. The molecule has 0 aliphatic heterocycles. The Labute approximate surface area is 334 Å². The van der Waals surface area contributed by atoms with Gasteiger partial charge in [0.25, 0.3) is 0 Å². The van der Waals surface area contributed by atoms with Gasteiger partial charge in [0, 0.05) is 26.2 Å². The summed E-state index contributed by atoms with van der Waals surface area (Å²) in [4.78, 5) is 41.7. The van der Waals surface area contributed by atoms with Crippen molar-refractivity contribution >= 4 is 117 Å². The Kier molecular flexibility index (Phi) is 19.5. The van der Waals surface area contributed by atoms with Crippen LogP contribution in [0.1, 0.15) is 41.4 Å². The minimum absolute atomic E-state index is 0. The van der Waals surface area contributed by atoms with Gasteiger partial charge in [-0.3, -0.25) is 0 Å². The van der Waals surface area contributed by atoms with Crippen molar-refractivity contribution in [2.24, 2.45) is 0 Å². The van der Waals surface area contributed by atoms with E-state index in [0.29, 0.717) is 0 Å². The van der Waals surface area contributed by atoms with Crippen molar-refractivity contribution < 1.29 is 86.2 Å². The number of carbonyl (C=O) groups is 4. The molecule has 0 heterocycles. The smallest absolute Gasteiger partial charge is 0.339 e. The Morgan fingerprint density at radius 3 is 0.612 bits per heavy atom. The van der Waals surface area contributed by atoms with Crippen LogP contribution in [0.15, 0.2) is 48.5 Å². The fourth-order valence-electron chi connectivity index (χ4n) is 2.85. The van der Waals surface area contributed by atoms with Crippen molar-refractivity contribution in [2.45, 2.75) is 0 Å². The molecule has 0 bridgehead atoms. The van der Waals surface area contributed by atoms with E-state index < -0.39 is 46.9 Å². The van der Waals surface area contributed by atoms with Crippen molar-refractivity contribution in [1.29, 1.82) is 0 Å². The van der Waals surface area contributed by atoms with Crippen LogP contribution in [0.3, 0.4) is 0 Å². The van der Waals surface area contributed by atoms with Crippen LogP contribution in [-0.4, -0.2) is 64.7 Å². The summed E-state index contributed by atoms with van der Waals surface area (Å²) in [5.74, 6) is -6.99. The Hall–Kier alpha value is -2.84. The van der Waals surface area contributed by atoms with Crippen LogP contribution in [0, 0.1) is 0 Å². The third-order valence-electron chi connectivity index (χ3n) is 5.20. The monoisotopic (exact) mass is 914 g/mol. The van der Waals surface area contributed by atoms with Gasteiger partial charge in [-0.25, -0.2) is 19.2 Å². The van der Waals surface area contributed by atoms with E-state index in [1.54, 1.807) is 0 Å². The predicted octanol–water partition coefficient (Wildman–Crippen LogP) is 9.59. The molecule has 0 spiro atoms. The fraction of sp³-hybridized carbons (Fsp3) is 0. The zero-order chi connectivity index (χ0) is 37.2. The summed E-state index contributed by atoms with van der Waals surface area (Å²) < 4.78 is 0. The van der Waals surface area contributed by atoms with E-state index in [1.165, 1.54) is 48.5 Å². The molecular weight excluding hydrogens is 903 g/mol. The first kappa shape index (κ1) is 46.2. The number of benzene rings is 4. The number of hydrogen-bond acceptors (Lipinski definition) is 8. The van der Waals surface area contributed by atoms with E-state index in [1.807, 2.05) is 0 Å². The second-order valence-electron chi connectivity index (χ2n) is 8.25. The molecular formula is C28H16Cl8O12Zr. The van der Waals surface area contributed by atoms with Crippen LogP contribution in [0.4, 0.5) is 0 Å². The molecule has 12 nitrogen and oxygen atoms in total. The van der Waals surface area contributed by atoms with Gasteiger partial charge in [0.05, 0.1) is 20.1 Å². The van der Waals surface area contributed by atoms with E-state index in [4.69, 9.17) is 134 Å². The maximum absolute atomic E-state index is 10.4. The van der Waals surface area contributed by atoms with Gasteiger partial charge in [-0.05, 0) is 48.5 Å².